The monoisotopic (exact) mass is 231 g/mol. The van der Waals surface area contributed by atoms with E-state index in [1.165, 1.54) is 12.1 Å². The highest BCUT2D eigenvalue weighted by Crippen LogP contribution is 2.11. The molecule has 0 saturated carbocycles. The number of nitrogens with zero attached hydrogens (tertiary/aromatic N) is 2. The van der Waals surface area contributed by atoms with E-state index in [0.29, 0.717) is 18.9 Å². The van der Waals surface area contributed by atoms with Crippen LogP contribution in [0.25, 0.3) is 0 Å². The molecule has 5 nitrogen and oxygen atoms in total. The van der Waals surface area contributed by atoms with Crippen molar-refractivity contribution in [2.75, 3.05) is 6.61 Å². The van der Waals surface area contributed by atoms with Crippen molar-refractivity contribution in [2.24, 2.45) is 0 Å². The van der Waals surface area contributed by atoms with Crippen LogP contribution < -0.4 is 9.84 Å². The van der Waals surface area contributed by atoms with E-state index < -0.39 is 5.97 Å². The first-order valence-corrected chi connectivity index (χ1v) is 5.15. The normalized spacial score (nSPS) is 10.1. The highest BCUT2D eigenvalue weighted by Gasteiger charge is 1.96. The average Bonchev–Trinajstić information content (AvgIpc) is 2.83. The summed E-state index contributed by atoms with van der Waals surface area (Å²) < 4.78 is 7.35. The number of carboxylic acids is 1. The van der Waals surface area contributed by atoms with Gasteiger partial charge >= 0.3 is 0 Å². The second-order valence-corrected chi connectivity index (χ2v) is 3.46. The molecule has 0 fully saturated rings. The summed E-state index contributed by atoms with van der Waals surface area (Å²) in [5, 5.41) is 10.5. The molecule has 0 aliphatic heterocycles. The molecule has 17 heavy (non-hydrogen) atoms. The van der Waals surface area contributed by atoms with E-state index in [4.69, 9.17) is 4.74 Å². The van der Waals surface area contributed by atoms with Crippen molar-refractivity contribution in [3.63, 3.8) is 0 Å². The molecule has 0 aliphatic carbocycles. The topological polar surface area (TPSA) is 67.2 Å². The van der Waals surface area contributed by atoms with Crippen LogP contribution >= 0.6 is 0 Å². The Morgan fingerprint density at radius 3 is 2.71 bits per heavy atom. The van der Waals surface area contributed by atoms with Crippen LogP contribution in [0.15, 0.2) is 43.0 Å². The summed E-state index contributed by atoms with van der Waals surface area (Å²) in [4.78, 5) is 14.4. The SMILES string of the molecule is O=C([O-])c1ccc(OCCn2ccnc2)cc1. The van der Waals surface area contributed by atoms with Gasteiger partial charge in [0.05, 0.1) is 18.8 Å². The van der Waals surface area contributed by atoms with E-state index in [1.54, 1.807) is 24.7 Å². The smallest absolute Gasteiger partial charge is 0.119 e. The fraction of sp³-hybridized carbons (Fsp3) is 0.167. The summed E-state index contributed by atoms with van der Waals surface area (Å²) in [6.45, 7) is 1.20. The van der Waals surface area contributed by atoms with Gasteiger partial charge in [-0.15, -0.1) is 0 Å². The van der Waals surface area contributed by atoms with Crippen molar-refractivity contribution < 1.29 is 14.6 Å². The molecule has 1 aromatic heterocycles. The second kappa shape index (κ2) is 5.16. The van der Waals surface area contributed by atoms with Gasteiger partial charge in [-0.2, -0.15) is 0 Å². The molecular weight excluding hydrogens is 220 g/mol. The molecule has 0 aliphatic rings. The van der Waals surface area contributed by atoms with Gasteiger partial charge in [0.15, 0.2) is 0 Å². The third kappa shape index (κ3) is 3.07. The van der Waals surface area contributed by atoms with Crippen LogP contribution in [-0.2, 0) is 6.54 Å². The molecule has 5 heteroatoms. The van der Waals surface area contributed by atoms with Crippen LogP contribution in [0.1, 0.15) is 10.4 Å². The van der Waals surface area contributed by atoms with E-state index in [-0.39, 0.29) is 5.56 Å². The van der Waals surface area contributed by atoms with Crippen LogP contribution in [0.2, 0.25) is 0 Å². The second-order valence-electron chi connectivity index (χ2n) is 3.46. The Bertz CT molecular complexity index is 477. The Balaban J connectivity index is 1.85. The number of aromatic carboxylic acids is 1. The maximum atomic E-state index is 10.5. The molecule has 0 spiro atoms. The number of imidazole rings is 1. The summed E-state index contributed by atoms with van der Waals surface area (Å²) in [6, 6.07) is 6.14. The molecule has 88 valence electrons. The molecule has 0 radical (unpaired) electrons. The van der Waals surface area contributed by atoms with Gasteiger partial charge in [0.25, 0.3) is 0 Å². The molecule has 1 aromatic carbocycles. The fourth-order valence-electron chi connectivity index (χ4n) is 1.38. The summed E-state index contributed by atoms with van der Waals surface area (Å²) in [5.74, 6) is -0.551. The fourth-order valence-corrected chi connectivity index (χ4v) is 1.38. The van der Waals surface area contributed by atoms with Gasteiger partial charge in [0, 0.05) is 12.4 Å². The lowest BCUT2D eigenvalue weighted by Gasteiger charge is -2.08. The van der Waals surface area contributed by atoms with Gasteiger partial charge in [-0.1, -0.05) is 0 Å². The number of benzene rings is 1. The molecule has 0 unspecified atom stereocenters. The lowest BCUT2D eigenvalue weighted by atomic mass is 10.2. The van der Waals surface area contributed by atoms with Crippen LogP contribution in [0.4, 0.5) is 0 Å². The number of ether oxygens (including phenoxy) is 1. The molecule has 2 rings (SSSR count). The number of aromatic nitrogens is 2. The van der Waals surface area contributed by atoms with Crippen molar-refractivity contribution >= 4 is 5.97 Å². The zero-order chi connectivity index (χ0) is 12.1. The number of carbonyl (C=O) groups excluding carboxylic acids is 1. The number of rotatable bonds is 5. The minimum atomic E-state index is -1.19. The molecule has 0 bridgehead atoms. The summed E-state index contributed by atoms with van der Waals surface area (Å²) >= 11 is 0. The largest absolute Gasteiger partial charge is 0.545 e. The summed E-state index contributed by atoms with van der Waals surface area (Å²) in [5.41, 5.74) is 0.145. The molecule has 0 saturated heterocycles. The molecule has 0 amide bonds. The zero-order valence-corrected chi connectivity index (χ0v) is 9.07. The van der Waals surface area contributed by atoms with E-state index in [0.717, 1.165) is 0 Å². The Hall–Kier alpha value is -2.30. The number of carboxylic acid groups (broad SMARTS) is 1. The molecule has 2 aromatic rings. The van der Waals surface area contributed by atoms with Gasteiger partial charge in [-0.25, -0.2) is 4.98 Å². The van der Waals surface area contributed by atoms with E-state index in [9.17, 15) is 9.90 Å². The maximum absolute atomic E-state index is 10.5. The van der Waals surface area contributed by atoms with Crippen molar-refractivity contribution in [2.45, 2.75) is 6.54 Å². The lowest BCUT2D eigenvalue weighted by molar-refractivity contribution is -0.255. The lowest BCUT2D eigenvalue weighted by Crippen LogP contribution is -2.21. The molecular formula is C12H11N2O3-. The van der Waals surface area contributed by atoms with Gasteiger partial charge < -0.3 is 19.2 Å². The van der Waals surface area contributed by atoms with Gasteiger partial charge in [0.1, 0.15) is 12.4 Å². The number of hydrogen-bond acceptors (Lipinski definition) is 4. The Morgan fingerprint density at radius 2 is 2.12 bits per heavy atom. The zero-order valence-electron chi connectivity index (χ0n) is 9.07. The van der Waals surface area contributed by atoms with Crippen molar-refractivity contribution in [1.29, 1.82) is 0 Å². The minimum absolute atomic E-state index is 0.145. The highest BCUT2D eigenvalue weighted by atomic mass is 16.5. The predicted molar refractivity (Wildman–Crippen MR) is 58.5 cm³/mol. The standard InChI is InChI=1S/C12H12N2O3/c15-12(16)10-1-3-11(4-2-10)17-8-7-14-6-5-13-9-14/h1-6,9H,7-8H2,(H,15,16)/p-1. The average molecular weight is 231 g/mol. The first-order valence-electron chi connectivity index (χ1n) is 5.15. The first-order chi connectivity index (χ1) is 8.25. The third-order valence-corrected chi connectivity index (χ3v) is 2.27. The van der Waals surface area contributed by atoms with E-state index in [1.807, 2.05) is 10.8 Å². The van der Waals surface area contributed by atoms with Crippen LogP contribution in [0.5, 0.6) is 5.75 Å². The van der Waals surface area contributed by atoms with Crippen molar-refractivity contribution in [3.05, 3.63) is 48.5 Å². The van der Waals surface area contributed by atoms with Crippen molar-refractivity contribution in [1.82, 2.24) is 9.55 Å². The third-order valence-electron chi connectivity index (χ3n) is 2.27. The number of hydrogen-bond donors (Lipinski definition) is 0. The molecule has 1 heterocycles. The number of carbonyl (C=O) groups is 1. The van der Waals surface area contributed by atoms with Crippen LogP contribution in [-0.4, -0.2) is 22.1 Å². The van der Waals surface area contributed by atoms with E-state index >= 15 is 0 Å². The highest BCUT2D eigenvalue weighted by molar-refractivity contribution is 5.85. The van der Waals surface area contributed by atoms with Gasteiger partial charge in [0.2, 0.25) is 0 Å². The van der Waals surface area contributed by atoms with Crippen LogP contribution in [0, 0.1) is 0 Å². The maximum Gasteiger partial charge on any atom is 0.119 e. The molecule has 0 atom stereocenters. The predicted octanol–water partition coefficient (Wildman–Crippen LogP) is 0.326. The van der Waals surface area contributed by atoms with Crippen molar-refractivity contribution in [3.8, 4) is 5.75 Å². The summed E-state index contributed by atoms with van der Waals surface area (Å²) in [7, 11) is 0. The van der Waals surface area contributed by atoms with E-state index in [2.05, 4.69) is 4.98 Å². The Kier molecular flexibility index (Phi) is 3.40. The van der Waals surface area contributed by atoms with Crippen LogP contribution in [0.3, 0.4) is 0 Å². The summed E-state index contributed by atoms with van der Waals surface area (Å²) in [6.07, 6.45) is 5.26. The first kappa shape index (κ1) is 11.2. The van der Waals surface area contributed by atoms with Gasteiger partial charge in [-0.05, 0) is 29.8 Å². The minimum Gasteiger partial charge on any atom is -0.545 e. The quantitative estimate of drug-likeness (QED) is 0.743. The Morgan fingerprint density at radius 1 is 1.35 bits per heavy atom. The Labute approximate surface area is 98.3 Å². The molecule has 0 N–H and O–H groups in total. The van der Waals surface area contributed by atoms with Gasteiger partial charge in [-0.3, -0.25) is 0 Å².